The molecule has 1 amide bonds. The number of carbonyl (C=O) groups excluding carboxylic acids is 1. The normalized spacial score (nSPS) is 11.5. The fourth-order valence-corrected chi connectivity index (χ4v) is 2.64. The summed E-state index contributed by atoms with van der Waals surface area (Å²) in [6.45, 7) is 1.90. The van der Waals surface area contributed by atoms with Gasteiger partial charge in [0.15, 0.2) is 0 Å². The van der Waals surface area contributed by atoms with Crippen LogP contribution in [0.3, 0.4) is 0 Å². The lowest BCUT2D eigenvalue weighted by Gasteiger charge is -2.07. The summed E-state index contributed by atoms with van der Waals surface area (Å²) in [4.78, 5) is 27.2. The number of amides is 1. The van der Waals surface area contributed by atoms with E-state index in [1.807, 2.05) is 36.4 Å². The minimum Gasteiger partial charge on any atom is -0.348 e. The Labute approximate surface area is 150 Å². The molecular weight excluding hydrogens is 336 g/mol. The number of hydrogen-bond donors (Lipinski definition) is 2. The molecule has 0 fully saturated rings. The van der Waals surface area contributed by atoms with E-state index in [0.29, 0.717) is 16.2 Å². The third-order valence-corrected chi connectivity index (χ3v) is 4.13. The van der Waals surface area contributed by atoms with Crippen molar-refractivity contribution in [1.82, 2.24) is 10.3 Å². The van der Waals surface area contributed by atoms with Crippen molar-refractivity contribution in [3.8, 4) is 0 Å². The maximum absolute atomic E-state index is 12.2. The number of fused-ring (bicyclic) bond motifs is 1. The molecule has 0 aliphatic heterocycles. The predicted molar refractivity (Wildman–Crippen MR) is 102 cm³/mol. The molecule has 5 heteroatoms. The second kappa shape index (κ2) is 7.36. The first kappa shape index (κ1) is 17.0. The molecular formula is C20H17ClN2O2. The quantitative estimate of drug-likeness (QED) is 0.699. The summed E-state index contributed by atoms with van der Waals surface area (Å²) in [7, 11) is 0. The zero-order valence-electron chi connectivity index (χ0n) is 13.7. The van der Waals surface area contributed by atoms with Crippen molar-refractivity contribution in [3.05, 3.63) is 86.7 Å². The summed E-state index contributed by atoms with van der Waals surface area (Å²) in [6, 6.07) is 16.6. The van der Waals surface area contributed by atoms with Gasteiger partial charge in [-0.1, -0.05) is 41.9 Å². The van der Waals surface area contributed by atoms with Crippen LogP contribution < -0.4 is 10.9 Å². The zero-order chi connectivity index (χ0) is 17.8. The van der Waals surface area contributed by atoms with E-state index in [-0.39, 0.29) is 18.0 Å². The molecule has 0 aliphatic rings. The van der Waals surface area contributed by atoms with Crippen LogP contribution in [-0.2, 0) is 11.3 Å². The molecule has 0 spiro atoms. The summed E-state index contributed by atoms with van der Waals surface area (Å²) in [6.07, 6.45) is 1.77. The molecule has 0 unspecified atom stereocenters. The van der Waals surface area contributed by atoms with E-state index in [4.69, 9.17) is 11.6 Å². The molecule has 4 nitrogen and oxygen atoms in total. The van der Waals surface area contributed by atoms with Gasteiger partial charge >= 0.3 is 0 Å². The highest BCUT2D eigenvalue weighted by Gasteiger charge is 2.07. The fourth-order valence-electron chi connectivity index (χ4n) is 2.51. The van der Waals surface area contributed by atoms with Gasteiger partial charge < -0.3 is 10.3 Å². The Hall–Kier alpha value is -2.85. The van der Waals surface area contributed by atoms with Crippen LogP contribution in [0.15, 0.2) is 65.0 Å². The molecule has 2 N–H and O–H groups in total. The molecule has 0 aliphatic carbocycles. The smallest absolute Gasteiger partial charge is 0.253 e. The van der Waals surface area contributed by atoms with E-state index >= 15 is 0 Å². The summed E-state index contributed by atoms with van der Waals surface area (Å²) >= 11 is 5.85. The number of aromatic nitrogens is 1. The van der Waals surface area contributed by atoms with Crippen molar-refractivity contribution in [2.45, 2.75) is 13.5 Å². The van der Waals surface area contributed by atoms with Crippen LogP contribution in [0.2, 0.25) is 5.02 Å². The van der Waals surface area contributed by atoms with Crippen molar-refractivity contribution < 1.29 is 4.79 Å². The van der Waals surface area contributed by atoms with E-state index in [0.717, 1.165) is 16.5 Å². The lowest BCUT2D eigenvalue weighted by atomic mass is 10.1. The third kappa shape index (κ3) is 4.17. The van der Waals surface area contributed by atoms with Gasteiger partial charge in [0.2, 0.25) is 5.91 Å². The van der Waals surface area contributed by atoms with E-state index in [2.05, 4.69) is 10.3 Å². The van der Waals surface area contributed by atoms with Gasteiger partial charge in [-0.2, -0.15) is 0 Å². The molecule has 3 aromatic rings. The van der Waals surface area contributed by atoms with E-state index in [1.165, 1.54) is 0 Å². The number of para-hydroxylation sites is 1. The lowest BCUT2D eigenvalue weighted by molar-refractivity contribution is -0.117. The first-order chi connectivity index (χ1) is 12.0. The highest BCUT2D eigenvalue weighted by Crippen LogP contribution is 2.13. The van der Waals surface area contributed by atoms with Gasteiger partial charge in [-0.25, -0.2) is 0 Å². The second-order valence-corrected chi connectivity index (χ2v) is 6.21. The van der Waals surface area contributed by atoms with Crippen LogP contribution in [0.25, 0.3) is 17.0 Å². The van der Waals surface area contributed by atoms with Gasteiger partial charge in [-0.15, -0.1) is 0 Å². The predicted octanol–water partition coefficient (Wildman–Crippen LogP) is 3.90. The molecule has 3 rings (SSSR count). The van der Waals surface area contributed by atoms with Crippen LogP contribution in [0, 0.1) is 0 Å². The summed E-state index contributed by atoms with van der Waals surface area (Å²) in [5, 5.41) is 4.36. The highest BCUT2D eigenvalue weighted by molar-refractivity contribution is 6.30. The Morgan fingerprint density at radius 1 is 1.16 bits per heavy atom. The molecule has 0 saturated heterocycles. The van der Waals surface area contributed by atoms with E-state index in [1.54, 1.807) is 31.2 Å². The van der Waals surface area contributed by atoms with Crippen molar-refractivity contribution in [3.63, 3.8) is 0 Å². The molecule has 25 heavy (non-hydrogen) atoms. The number of nitrogens with one attached hydrogen (secondary N) is 2. The Balaban J connectivity index is 1.72. The van der Waals surface area contributed by atoms with Crippen molar-refractivity contribution in [1.29, 1.82) is 0 Å². The topological polar surface area (TPSA) is 62.0 Å². The maximum atomic E-state index is 12.2. The van der Waals surface area contributed by atoms with Gasteiger partial charge in [-0.3, -0.25) is 9.59 Å². The molecule has 0 atom stereocenters. The van der Waals surface area contributed by atoms with Gasteiger partial charge in [0.25, 0.3) is 5.56 Å². The van der Waals surface area contributed by atoms with Gasteiger partial charge in [-0.05, 0) is 48.2 Å². The van der Waals surface area contributed by atoms with Gasteiger partial charge in [0.05, 0.1) is 0 Å². The third-order valence-electron chi connectivity index (χ3n) is 3.88. The largest absolute Gasteiger partial charge is 0.348 e. The molecule has 1 aromatic heterocycles. The van der Waals surface area contributed by atoms with E-state index < -0.39 is 0 Å². The molecule has 0 saturated carbocycles. The molecule has 0 radical (unpaired) electrons. The Morgan fingerprint density at radius 2 is 1.88 bits per heavy atom. The number of carbonyl (C=O) groups is 1. The number of aromatic amines is 1. The first-order valence-corrected chi connectivity index (χ1v) is 8.24. The summed E-state index contributed by atoms with van der Waals surface area (Å²) in [5.74, 6) is -0.220. The first-order valence-electron chi connectivity index (χ1n) is 7.86. The van der Waals surface area contributed by atoms with Gasteiger partial charge in [0.1, 0.15) is 0 Å². The number of H-pyrrole nitrogens is 1. The van der Waals surface area contributed by atoms with Gasteiger partial charge in [0, 0.05) is 28.2 Å². The number of halogens is 1. The highest BCUT2D eigenvalue weighted by atomic mass is 35.5. The second-order valence-electron chi connectivity index (χ2n) is 5.77. The number of hydrogen-bond acceptors (Lipinski definition) is 2. The van der Waals surface area contributed by atoms with Crippen LogP contribution in [0.4, 0.5) is 0 Å². The average molecular weight is 353 g/mol. The average Bonchev–Trinajstić information content (AvgIpc) is 2.61. The zero-order valence-corrected chi connectivity index (χ0v) is 14.4. The minimum atomic E-state index is -0.220. The van der Waals surface area contributed by atoms with Crippen molar-refractivity contribution in [2.24, 2.45) is 0 Å². The standard InChI is InChI=1S/C20H17ClN2O2/c1-13(10-14-6-8-17(21)9-7-14)19(24)22-12-16-11-15-4-2-3-5-18(15)23-20(16)25/h2-11H,12H2,1H3,(H,22,24)(H,23,25)/b13-10+. The van der Waals surface area contributed by atoms with Crippen molar-refractivity contribution >= 4 is 34.5 Å². The molecule has 126 valence electrons. The monoisotopic (exact) mass is 352 g/mol. The van der Waals surface area contributed by atoms with Crippen LogP contribution >= 0.6 is 11.6 Å². The fraction of sp³-hybridized carbons (Fsp3) is 0.100. The number of benzene rings is 2. The Morgan fingerprint density at radius 3 is 2.64 bits per heavy atom. The number of rotatable bonds is 4. The summed E-state index contributed by atoms with van der Waals surface area (Å²) in [5.41, 5.74) is 2.55. The lowest BCUT2D eigenvalue weighted by Crippen LogP contribution is -2.27. The van der Waals surface area contributed by atoms with Crippen molar-refractivity contribution in [2.75, 3.05) is 0 Å². The maximum Gasteiger partial charge on any atom is 0.253 e. The summed E-state index contributed by atoms with van der Waals surface area (Å²) < 4.78 is 0. The van der Waals surface area contributed by atoms with Crippen LogP contribution in [0.1, 0.15) is 18.1 Å². The molecule has 2 aromatic carbocycles. The SMILES string of the molecule is C/C(=C\c1ccc(Cl)cc1)C(=O)NCc1cc2ccccc2[nH]c1=O. The van der Waals surface area contributed by atoms with E-state index in [9.17, 15) is 9.59 Å². The molecule has 1 heterocycles. The van der Waals surface area contributed by atoms with Crippen LogP contribution in [-0.4, -0.2) is 10.9 Å². The Kier molecular flexibility index (Phi) is 5.00. The van der Waals surface area contributed by atoms with Crippen LogP contribution in [0.5, 0.6) is 0 Å². The number of pyridine rings is 1. The minimum absolute atomic E-state index is 0.171. The Bertz CT molecular complexity index is 1000. The molecule has 0 bridgehead atoms.